The van der Waals surface area contributed by atoms with E-state index >= 15 is 0 Å². The Hall–Kier alpha value is -2.42. The van der Waals surface area contributed by atoms with Crippen molar-refractivity contribution >= 4 is 28.4 Å². The smallest absolute Gasteiger partial charge is 0.165 e. The zero-order chi connectivity index (χ0) is 18.4. The number of hydrogen-bond donors (Lipinski definition) is 3. The van der Waals surface area contributed by atoms with E-state index in [1.807, 2.05) is 18.3 Å². The lowest BCUT2D eigenvalue weighted by molar-refractivity contribution is 0.374. The molecule has 27 heavy (non-hydrogen) atoms. The van der Waals surface area contributed by atoms with Crippen molar-refractivity contribution < 1.29 is 0 Å². The van der Waals surface area contributed by atoms with Crippen LogP contribution in [0.4, 0.5) is 5.82 Å². The minimum absolute atomic E-state index is 0.365. The van der Waals surface area contributed by atoms with E-state index in [1.54, 1.807) is 15.9 Å². The predicted molar refractivity (Wildman–Crippen MR) is 109 cm³/mol. The van der Waals surface area contributed by atoms with Gasteiger partial charge in [0.05, 0.1) is 17.5 Å². The lowest BCUT2D eigenvalue weighted by Gasteiger charge is -2.25. The second-order valence-electron chi connectivity index (χ2n) is 7.17. The maximum absolute atomic E-state index is 6.66. The summed E-state index contributed by atoms with van der Waals surface area (Å²) in [5, 5.41) is 12.1. The Morgan fingerprint density at radius 2 is 2.30 bits per heavy atom. The third-order valence-corrected chi connectivity index (χ3v) is 6.26. The number of rotatable bonds is 3. The maximum atomic E-state index is 6.66. The van der Waals surface area contributed by atoms with Crippen LogP contribution in [0.25, 0.3) is 21.7 Å². The minimum Gasteiger partial charge on any atom is -0.383 e. The molecule has 0 bridgehead atoms. The molecule has 3 aromatic heterocycles. The van der Waals surface area contributed by atoms with Crippen LogP contribution in [0.5, 0.6) is 0 Å². The van der Waals surface area contributed by atoms with Gasteiger partial charge in [0.15, 0.2) is 5.65 Å². The first-order chi connectivity index (χ1) is 13.2. The Labute approximate surface area is 161 Å². The van der Waals surface area contributed by atoms with E-state index in [0.29, 0.717) is 11.7 Å². The van der Waals surface area contributed by atoms with Crippen molar-refractivity contribution in [3.8, 4) is 10.4 Å². The van der Waals surface area contributed by atoms with Gasteiger partial charge < -0.3 is 16.1 Å². The zero-order valence-corrected chi connectivity index (χ0v) is 16.1. The number of hydrazine groups is 1. The van der Waals surface area contributed by atoms with Crippen molar-refractivity contribution in [1.29, 1.82) is 0 Å². The zero-order valence-electron chi connectivity index (χ0n) is 15.3. The quantitative estimate of drug-likeness (QED) is 0.646. The van der Waals surface area contributed by atoms with Crippen LogP contribution in [0.3, 0.4) is 0 Å². The molecule has 8 heteroatoms. The number of aromatic nitrogens is 3. The number of nitrogens with one attached hydrogen (secondary N) is 2. The predicted octanol–water partition coefficient (Wildman–Crippen LogP) is 2.30. The normalized spacial score (nSPS) is 20.4. The summed E-state index contributed by atoms with van der Waals surface area (Å²) in [5.74, 6) is 1.04. The van der Waals surface area contributed by atoms with Crippen molar-refractivity contribution in [1.82, 2.24) is 30.3 Å². The molecule has 0 spiro atoms. The summed E-state index contributed by atoms with van der Waals surface area (Å²) < 4.78 is 1.79. The molecule has 1 atom stereocenters. The number of nitrogens with zero attached hydrogens (tertiary/aromatic N) is 4. The number of hydrogen-bond acceptors (Lipinski definition) is 7. The summed E-state index contributed by atoms with van der Waals surface area (Å²) in [6, 6.07) is 4.18. The molecule has 1 unspecified atom stereocenters. The number of nitrogen functional groups attached to an aromatic ring is 1. The van der Waals surface area contributed by atoms with E-state index in [4.69, 9.17) is 10.7 Å². The van der Waals surface area contributed by atoms with Crippen LogP contribution in [0.1, 0.15) is 30.0 Å². The first-order valence-electron chi connectivity index (χ1n) is 9.31. The van der Waals surface area contributed by atoms with Crippen molar-refractivity contribution in [2.24, 2.45) is 0 Å². The van der Waals surface area contributed by atoms with Gasteiger partial charge in [-0.2, -0.15) is 9.61 Å². The Bertz CT molecular complexity index is 999. The molecule has 7 nitrogen and oxygen atoms in total. The van der Waals surface area contributed by atoms with Gasteiger partial charge in [-0.25, -0.2) is 10.4 Å². The summed E-state index contributed by atoms with van der Waals surface area (Å²) >= 11 is 1.70. The second-order valence-corrected chi connectivity index (χ2v) is 8.12. The number of anilines is 1. The highest BCUT2D eigenvalue weighted by atomic mass is 32.1. The molecule has 2 aliphatic rings. The molecular formula is C19H23N7S. The molecule has 4 N–H and O–H groups in total. The van der Waals surface area contributed by atoms with Crippen LogP contribution in [-0.2, 0) is 0 Å². The highest BCUT2D eigenvalue weighted by Gasteiger charge is 2.26. The van der Waals surface area contributed by atoms with Gasteiger partial charge in [-0.1, -0.05) is 6.07 Å². The molecule has 0 aliphatic carbocycles. The summed E-state index contributed by atoms with van der Waals surface area (Å²) in [4.78, 5) is 6.30. The minimum atomic E-state index is 0.365. The van der Waals surface area contributed by atoms with Gasteiger partial charge in [-0.3, -0.25) is 0 Å². The Morgan fingerprint density at radius 3 is 3.00 bits per heavy atom. The first-order valence-corrected chi connectivity index (χ1v) is 10.2. The van der Waals surface area contributed by atoms with E-state index in [-0.39, 0.29) is 0 Å². The van der Waals surface area contributed by atoms with Gasteiger partial charge in [-0.05, 0) is 36.4 Å². The average molecular weight is 382 g/mol. The van der Waals surface area contributed by atoms with Crippen LogP contribution in [0.2, 0.25) is 0 Å². The second kappa shape index (κ2) is 6.63. The van der Waals surface area contributed by atoms with Gasteiger partial charge in [-0.15, -0.1) is 11.3 Å². The third kappa shape index (κ3) is 2.80. The summed E-state index contributed by atoms with van der Waals surface area (Å²) in [7, 11) is 1.99. The molecule has 2 aliphatic heterocycles. The molecule has 1 saturated heterocycles. The molecule has 0 saturated carbocycles. The molecule has 1 fully saturated rings. The van der Waals surface area contributed by atoms with E-state index < -0.39 is 0 Å². The third-order valence-electron chi connectivity index (χ3n) is 5.38. The standard InChI is InChI=1S/C19H23N7S/c1-25-11-13(9-22-25)14-10-23-26-18(20)16(15-5-3-7-27-15)17(24-19(14)26)12-4-2-6-21-8-12/h3,5,7,10-12,21-22H,2,4,6,8-9,20H2,1H3. The molecule has 0 amide bonds. The van der Waals surface area contributed by atoms with Crippen LogP contribution in [-0.4, -0.2) is 46.3 Å². The molecule has 0 radical (unpaired) electrons. The van der Waals surface area contributed by atoms with Crippen molar-refractivity contribution in [3.63, 3.8) is 0 Å². The van der Waals surface area contributed by atoms with E-state index in [0.717, 1.165) is 59.8 Å². The van der Waals surface area contributed by atoms with Crippen LogP contribution in [0.15, 0.2) is 29.9 Å². The van der Waals surface area contributed by atoms with E-state index in [9.17, 15) is 0 Å². The topological polar surface area (TPSA) is 83.5 Å². The number of thiophene rings is 1. The highest BCUT2D eigenvalue weighted by molar-refractivity contribution is 7.13. The molecule has 3 aromatic rings. The monoisotopic (exact) mass is 381 g/mol. The van der Waals surface area contributed by atoms with Crippen LogP contribution in [0, 0.1) is 0 Å². The van der Waals surface area contributed by atoms with Crippen molar-refractivity contribution in [2.45, 2.75) is 18.8 Å². The SMILES string of the molecule is CN1C=C(c2cnn3c(N)c(-c4cccs4)c(C4CCCNC4)nc23)CN1. The maximum Gasteiger partial charge on any atom is 0.165 e. The fourth-order valence-electron chi connectivity index (χ4n) is 4.01. The molecular weight excluding hydrogens is 358 g/mol. The number of nitrogens with two attached hydrogens (primary N) is 1. The first kappa shape index (κ1) is 16.7. The van der Waals surface area contributed by atoms with Gasteiger partial charge in [0.2, 0.25) is 0 Å². The van der Waals surface area contributed by atoms with Gasteiger partial charge in [0.25, 0.3) is 0 Å². The highest BCUT2D eigenvalue weighted by Crippen LogP contribution is 2.39. The molecule has 5 rings (SSSR count). The summed E-state index contributed by atoms with van der Waals surface area (Å²) in [5.41, 5.74) is 15.1. The average Bonchev–Trinajstić information content (AvgIpc) is 3.42. The Kier molecular flexibility index (Phi) is 4.11. The Balaban J connectivity index is 1.73. The number of piperidine rings is 1. The summed E-state index contributed by atoms with van der Waals surface area (Å²) in [6.07, 6.45) is 6.26. The lowest BCUT2D eigenvalue weighted by atomic mass is 9.92. The van der Waals surface area contributed by atoms with Crippen molar-refractivity contribution in [3.05, 3.63) is 41.2 Å². The largest absolute Gasteiger partial charge is 0.383 e. The van der Waals surface area contributed by atoms with Crippen LogP contribution < -0.4 is 16.5 Å². The lowest BCUT2D eigenvalue weighted by Crippen LogP contribution is -2.29. The van der Waals surface area contributed by atoms with Gasteiger partial charge in [0.1, 0.15) is 5.82 Å². The van der Waals surface area contributed by atoms with Crippen molar-refractivity contribution in [2.75, 3.05) is 32.4 Å². The fourth-order valence-corrected chi connectivity index (χ4v) is 4.80. The molecule has 140 valence electrons. The van der Waals surface area contributed by atoms with E-state index in [1.165, 1.54) is 5.57 Å². The molecule has 0 aromatic carbocycles. The van der Waals surface area contributed by atoms with Gasteiger partial charge >= 0.3 is 0 Å². The van der Waals surface area contributed by atoms with E-state index in [2.05, 4.69) is 39.6 Å². The Morgan fingerprint density at radius 1 is 1.37 bits per heavy atom. The fraction of sp³-hybridized carbons (Fsp3) is 0.368. The summed E-state index contributed by atoms with van der Waals surface area (Å²) in [6.45, 7) is 2.79. The number of fused-ring (bicyclic) bond motifs is 1. The molecule has 5 heterocycles. The van der Waals surface area contributed by atoms with Crippen LogP contribution >= 0.6 is 11.3 Å². The van der Waals surface area contributed by atoms with Gasteiger partial charge in [0, 0.05) is 42.7 Å².